The minimum absolute atomic E-state index is 0.0503. The number of amides is 1. The third-order valence-electron chi connectivity index (χ3n) is 5.22. The van der Waals surface area contributed by atoms with Crippen LogP contribution >= 0.6 is 0 Å². The SMILES string of the molecule is COc1cccc(NC(=O)CN2CCN(C3CCCCC3)CC2)c1. The van der Waals surface area contributed by atoms with Gasteiger partial charge in [0.15, 0.2) is 0 Å². The Balaban J connectivity index is 1.42. The first-order chi connectivity index (χ1) is 11.7. The molecule has 1 amide bonds. The van der Waals surface area contributed by atoms with Gasteiger partial charge in [0, 0.05) is 44.0 Å². The molecule has 24 heavy (non-hydrogen) atoms. The van der Waals surface area contributed by atoms with E-state index in [2.05, 4.69) is 15.1 Å². The molecule has 2 aliphatic rings. The fraction of sp³-hybridized carbons (Fsp3) is 0.632. The van der Waals surface area contributed by atoms with Crippen LogP contribution in [0.3, 0.4) is 0 Å². The first-order valence-electron chi connectivity index (χ1n) is 9.15. The fourth-order valence-electron chi connectivity index (χ4n) is 3.84. The number of nitrogens with one attached hydrogen (secondary N) is 1. The molecule has 0 atom stereocenters. The van der Waals surface area contributed by atoms with E-state index in [0.29, 0.717) is 6.54 Å². The van der Waals surface area contributed by atoms with E-state index in [1.165, 1.54) is 32.1 Å². The van der Waals surface area contributed by atoms with Gasteiger partial charge < -0.3 is 10.1 Å². The molecular formula is C19H29N3O2. The van der Waals surface area contributed by atoms with E-state index in [1.54, 1.807) is 7.11 Å². The summed E-state index contributed by atoms with van der Waals surface area (Å²) < 4.78 is 5.19. The zero-order valence-corrected chi connectivity index (χ0v) is 14.7. The molecular weight excluding hydrogens is 302 g/mol. The smallest absolute Gasteiger partial charge is 0.238 e. The number of benzene rings is 1. The fourth-order valence-corrected chi connectivity index (χ4v) is 3.84. The summed E-state index contributed by atoms with van der Waals surface area (Å²) in [6.45, 7) is 4.63. The summed E-state index contributed by atoms with van der Waals surface area (Å²) in [5.41, 5.74) is 0.792. The number of piperazine rings is 1. The number of nitrogens with zero attached hydrogens (tertiary/aromatic N) is 2. The standard InChI is InChI=1S/C19H29N3O2/c1-24-18-9-5-6-16(14-18)20-19(23)15-21-10-12-22(13-11-21)17-7-3-2-4-8-17/h5-6,9,14,17H,2-4,7-8,10-13,15H2,1H3,(H,20,23). The molecule has 1 aromatic carbocycles. The first-order valence-corrected chi connectivity index (χ1v) is 9.15. The van der Waals surface area contributed by atoms with E-state index in [4.69, 9.17) is 4.74 Å². The second kappa shape index (κ2) is 8.49. The van der Waals surface area contributed by atoms with E-state index >= 15 is 0 Å². The summed E-state index contributed by atoms with van der Waals surface area (Å²) >= 11 is 0. The summed E-state index contributed by atoms with van der Waals surface area (Å²) in [4.78, 5) is 17.1. The van der Waals surface area contributed by atoms with Crippen molar-refractivity contribution in [3.63, 3.8) is 0 Å². The largest absolute Gasteiger partial charge is 0.497 e. The molecule has 5 nitrogen and oxygen atoms in total. The Morgan fingerprint density at radius 2 is 1.92 bits per heavy atom. The van der Waals surface area contributed by atoms with Crippen LogP contribution in [-0.2, 0) is 4.79 Å². The van der Waals surface area contributed by atoms with Crippen molar-refractivity contribution in [1.29, 1.82) is 0 Å². The number of anilines is 1. The number of methoxy groups -OCH3 is 1. The van der Waals surface area contributed by atoms with Crippen molar-refractivity contribution in [1.82, 2.24) is 9.80 Å². The molecule has 0 bridgehead atoms. The van der Waals surface area contributed by atoms with Gasteiger partial charge in [0.25, 0.3) is 0 Å². The number of hydrogen-bond acceptors (Lipinski definition) is 4. The van der Waals surface area contributed by atoms with E-state index < -0.39 is 0 Å². The topological polar surface area (TPSA) is 44.8 Å². The molecule has 132 valence electrons. The lowest BCUT2D eigenvalue weighted by atomic mass is 9.94. The maximum atomic E-state index is 12.3. The Morgan fingerprint density at radius 3 is 2.62 bits per heavy atom. The molecule has 1 heterocycles. The Labute approximate surface area is 145 Å². The normalized spacial score (nSPS) is 20.7. The van der Waals surface area contributed by atoms with Gasteiger partial charge in [-0.1, -0.05) is 25.3 Å². The van der Waals surface area contributed by atoms with Crippen LogP contribution in [0.5, 0.6) is 5.75 Å². The van der Waals surface area contributed by atoms with Gasteiger partial charge in [0.2, 0.25) is 5.91 Å². The maximum absolute atomic E-state index is 12.3. The van der Waals surface area contributed by atoms with E-state index in [1.807, 2.05) is 24.3 Å². The van der Waals surface area contributed by atoms with Gasteiger partial charge in [-0.3, -0.25) is 14.6 Å². The van der Waals surface area contributed by atoms with Crippen LogP contribution in [-0.4, -0.2) is 61.6 Å². The predicted octanol–water partition coefficient (Wildman–Crippen LogP) is 2.58. The van der Waals surface area contributed by atoms with Crippen molar-refractivity contribution >= 4 is 11.6 Å². The molecule has 1 aliphatic carbocycles. The Bertz CT molecular complexity index is 535. The summed E-state index contributed by atoms with van der Waals surface area (Å²) in [6, 6.07) is 8.28. The van der Waals surface area contributed by atoms with Crippen LogP contribution in [0.2, 0.25) is 0 Å². The van der Waals surface area contributed by atoms with Crippen molar-refractivity contribution in [2.24, 2.45) is 0 Å². The van der Waals surface area contributed by atoms with Gasteiger partial charge in [0.05, 0.1) is 13.7 Å². The monoisotopic (exact) mass is 331 g/mol. The molecule has 1 aromatic rings. The molecule has 0 unspecified atom stereocenters. The lowest BCUT2D eigenvalue weighted by molar-refractivity contribution is -0.117. The van der Waals surface area contributed by atoms with Gasteiger partial charge >= 0.3 is 0 Å². The number of hydrogen-bond donors (Lipinski definition) is 1. The molecule has 3 rings (SSSR count). The predicted molar refractivity (Wildman–Crippen MR) is 96.5 cm³/mol. The van der Waals surface area contributed by atoms with Gasteiger partial charge in [-0.2, -0.15) is 0 Å². The first kappa shape index (κ1) is 17.2. The number of carbonyl (C=O) groups excluding carboxylic acids is 1. The van der Waals surface area contributed by atoms with Crippen molar-refractivity contribution in [2.75, 3.05) is 45.2 Å². The molecule has 1 saturated heterocycles. The van der Waals surface area contributed by atoms with Crippen molar-refractivity contribution < 1.29 is 9.53 Å². The van der Waals surface area contributed by atoms with Crippen LogP contribution in [0, 0.1) is 0 Å². The van der Waals surface area contributed by atoms with Gasteiger partial charge in [0.1, 0.15) is 5.75 Å². The summed E-state index contributed by atoms with van der Waals surface area (Å²) in [5.74, 6) is 0.809. The van der Waals surface area contributed by atoms with Crippen molar-refractivity contribution in [2.45, 2.75) is 38.1 Å². The Kier molecular flexibility index (Phi) is 6.10. The quantitative estimate of drug-likeness (QED) is 0.901. The molecule has 1 N–H and O–H groups in total. The zero-order valence-electron chi connectivity index (χ0n) is 14.7. The maximum Gasteiger partial charge on any atom is 0.238 e. The van der Waals surface area contributed by atoms with Crippen molar-refractivity contribution in [3.8, 4) is 5.75 Å². The lowest BCUT2D eigenvalue weighted by Crippen LogP contribution is -2.52. The molecule has 5 heteroatoms. The second-order valence-electron chi connectivity index (χ2n) is 6.88. The van der Waals surface area contributed by atoms with E-state index in [-0.39, 0.29) is 5.91 Å². The average Bonchev–Trinajstić information content (AvgIpc) is 2.63. The van der Waals surface area contributed by atoms with Crippen LogP contribution in [0.1, 0.15) is 32.1 Å². The third-order valence-corrected chi connectivity index (χ3v) is 5.22. The molecule has 1 saturated carbocycles. The highest BCUT2D eigenvalue weighted by Crippen LogP contribution is 2.23. The highest BCUT2D eigenvalue weighted by molar-refractivity contribution is 5.92. The van der Waals surface area contributed by atoms with Gasteiger partial charge in [-0.25, -0.2) is 0 Å². The second-order valence-corrected chi connectivity index (χ2v) is 6.88. The van der Waals surface area contributed by atoms with Gasteiger partial charge in [-0.15, -0.1) is 0 Å². The molecule has 0 radical (unpaired) electrons. The van der Waals surface area contributed by atoms with Gasteiger partial charge in [-0.05, 0) is 25.0 Å². The number of ether oxygens (including phenoxy) is 1. The van der Waals surface area contributed by atoms with Crippen LogP contribution < -0.4 is 10.1 Å². The third kappa shape index (κ3) is 4.71. The highest BCUT2D eigenvalue weighted by Gasteiger charge is 2.25. The van der Waals surface area contributed by atoms with Crippen LogP contribution in [0.4, 0.5) is 5.69 Å². The molecule has 0 spiro atoms. The highest BCUT2D eigenvalue weighted by atomic mass is 16.5. The van der Waals surface area contributed by atoms with Crippen molar-refractivity contribution in [3.05, 3.63) is 24.3 Å². The minimum atomic E-state index is 0.0503. The summed E-state index contributed by atoms with van der Waals surface area (Å²) in [6.07, 6.45) is 6.88. The Morgan fingerprint density at radius 1 is 1.17 bits per heavy atom. The molecule has 1 aliphatic heterocycles. The minimum Gasteiger partial charge on any atom is -0.497 e. The lowest BCUT2D eigenvalue weighted by Gasteiger charge is -2.40. The van der Waals surface area contributed by atoms with Crippen LogP contribution in [0.25, 0.3) is 0 Å². The zero-order chi connectivity index (χ0) is 16.8. The average molecular weight is 331 g/mol. The number of rotatable bonds is 5. The van der Waals surface area contributed by atoms with E-state index in [9.17, 15) is 4.79 Å². The summed E-state index contributed by atoms with van der Waals surface area (Å²) in [7, 11) is 1.63. The molecule has 0 aromatic heterocycles. The number of carbonyl (C=O) groups is 1. The molecule has 2 fully saturated rings. The Hall–Kier alpha value is -1.59. The van der Waals surface area contributed by atoms with Crippen LogP contribution in [0.15, 0.2) is 24.3 Å². The van der Waals surface area contributed by atoms with E-state index in [0.717, 1.165) is 43.7 Å². The summed E-state index contributed by atoms with van der Waals surface area (Å²) in [5, 5.41) is 2.96.